The van der Waals surface area contributed by atoms with Crippen molar-refractivity contribution < 1.29 is 9.13 Å². The molecule has 0 amide bonds. The number of benzene rings is 1. The van der Waals surface area contributed by atoms with E-state index >= 15 is 0 Å². The van der Waals surface area contributed by atoms with Crippen LogP contribution in [0.2, 0.25) is 5.02 Å². The van der Waals surface area contributed by atoms with E-state index in [4.69, 9.17) is 21.7 Å². The predicted molar refractivity (Wildman–Crippen MR) is 88.0 cm³/mol. The zero-order valence-corrected chi connectivity index (χ0v) is 14.2. The van der Waals surface area contributed by atoms with Gasteiger partial charge in [0.15, 0.2) is 0 Å². The minimum Gasteiger partial charge on any atom is -0.422 e. The quantitative estimate of drug-likeness (QED) is 0.813. The Morgan fingerprint density at radius 3 is 2.67 bits per heavy atom. The molecule has 0 aliphatic carbocycles. The van der Waals surface area contributed by atoms with Crippen LogP contribution in [-0.4, -0.2) is 16.1 Å². The fourth-order valence-electron chi connectivity index (χ4n) is 3.01. The van der Waals surface area contributed by atoms with Crippen molar-refractivity contribution in [2.24, 2.45) is 5.92 Å². The van der Waals surface area contributed by atoms with Crippen LogP contribution in [-0.2, 0) is 5.41 Å². The van der Waals surface area contributed by atoms with Gasteiger partial charge < -0.3 is 4.74 Å². The molecule has 24 heavy (non-hydrogen) atoms. The van der Waals surface area contributed by atoms with Crippen molar-refractivity contribution in [1.82, 2.24) is 10.2 Å². The number of ether oxygens (including phenoxy) is 1. The lowest BCUT2D eigenvalue weighted by Crippen LogP contribution is -2.32. The molecule has 0 radical (unpaired) electrons. The summed E-state index contributed by atoms with van der Waals surface area (Å²) in [5.41, 5.74) is 1.16. The summed E-state index contributed by atoms with van der Waals surface area (Å²) in [6.07, 6.45) is 0. The Labute approximate surface area is 143 Å². The Balaban J connectivity index is 2.33. The van der Waals surface area contributed by atoms with Crippen LogP contribution in [0.15, 0.2) is 18.2 Å². The van der Waals surface area contributed by atoms with Crippen LogP contribution in [0.25, 0.3) is 0 Å². The summed E-state index contributed by atoms with van der Waals surface area (Å²) >= 11 is 6.24. The molecule has 2 heterocycles. The van der Waals surface area contributed by atoms with E-state index in [1.54, 1.807) is 6.07 Å². The minimum absolute atomic E-state index is 0.187. The lowest BCUT2D eigenvalue weighted by atomic mass is 9.75. The van der Waals surface area contributed by atoms with Crippen molar-refractivity contribution in [3.8, 4) is 11.9 Å². The molecule has 3 rings (SSSR count). The summed E-state index contributed by atoms with van der Waals surface area (Å²) in [4.78, 5) is 0. The van der Waals surface area contributed by atoms with E-state index in [2.05, 4.69) is 10.2 Å². The molecular formula is C17H16ClFN4O. The number of nitrogens with one attached hydrogen (secondary N) is 2. The number of nitrogens with zero attached hydrogens (tertiary/aromatic N) is 2. The van der Waals surface area contributed by atoms with Gasteiger partial charge in [0.2, 0.25) is 11.8 Å². The first-order valence-electron chi connectivity index (χ1n) is 7.44. The van der Waals surface area contributed by atoms with Gasteiger partial charge in [-0.05, 0) is 12.1 Å². The Hall–Kier alpha value is -2.39. The Morgan fingerprint density at radius 1 is 1.38 bits per heavy atom. The highest BCUT2D eigenvalue weighted by Crippen LogP contribution is 2.47. The molecule has 2 N–H and O–H groups in total. The molecule has 1 aromatic heterocycles. The van der Waals surface area contributed by atoms with Crippen molar-refractivity contribution in [2.75, 3.05) is 0 Å². The highest BCUT2D eigenvalue weighted by Gasteiger charge is 2.44. The van der Waals surface area contributed by atoms with Gasteiger partial charge in [-0.25, -0.2) is 4.39 Å². The number of fused-ring (bicyclic) bond motifs is 1. The summed E-state index contributed by atoms with van der Waals surface area (Å²) in [5.74, 6) is -2.32. The van der Waals surface area contributed by atoms with Crippen LogP contribution in [0.5, 0.6) is 5.88 Å². The minimum atomic E-state index is -0.981. The summed E-state index contributed by atoms with van der Waals surface area (Å²) in [5, 5.41) is 24.8. The van der Waals surface area contributed by atoms with E-state index in [0.29, 0.717) is 5.56 Å². The van der Waals surface area contributed by atoms with Crippen molar-refractivity contribution in [2.45, 2.75) is 32.1 Å². The molecule has 0 saturated carbocycles. The van der Waals surface area contributed by atoms with Crippen LogP contribution in [0, 0.1) is 28.5 Å². The first-order chi connectivity index (χ1) is 11.3. The van der Waals surface area contributed by atoms with E-state index < -0.39 is 17.7 Å². The molecule has 7 heteroatoms. The molecule has 1 aromatic carbocycles. The largest absolute Gasteiger partial charge is 0.422 e. The predicted octanol–water partition coefficient (Wildman–Crippen LogP) is 4.14. The number of hydrogen-bond donors (Lipinski definition) is 2. The second-order valence-electron chi connectivity index (χ2n) is 6.75. The molecule has 2 atom stereocenters. The summed E-state index contributed by atoms with van der Waals surface area (Å²) < 4.78 is 20.0. The molecule has 0 fully saturated rings. The average molecular weight is 347 g/mol. The molecule has 1 aliphatic heterocycles. The van der Waals surface area contributed by atoms with E-state index in [0.717, 1.165) is 5.69 Å². The SMILES string of the molecule is CC(C)(C)c1[nH]nc2c1C(c1c(F)cccc1Cl)C(C#N)C(=N)O2. The zero-order valence-electron chi connectivity index (χ0n) is 13.4. The third kappa shape index (κ3) is 2.45. The van der Waals surface area contributed by atoms with Gasteiger partial charge in [0.1, 0.15) is 11.7 Å². The van der Waals surface area contributed by atoms with Gasteiger partial charge in [0, 0.05) is 33.2 Å². The summed E-state index contributed by atoms with van der Waals surface area (Å²) in [6, 6.07) is 6.43. The highest BCUT2D eigenvalue weighted by molar-refractivity contribution is 6.31. The standard InChI is InChI=1S/C17H16ClFN4O/c1-17(2,3)14-13-11(12-9(18)5-4-6-10(12)19)8(7-20)15(21)24-16(13)23-22-14/h4-6,8,11,21H,1-3H3,(H,22,23). The van der Waals surface area contributed by atoms with Gasteiger partial charge in [0.05, 0.1) is 6.07 Å². The lowest BCUT2D eigenvalue weighted by Gasteiger charge is -2.31. The monoisotopic (exact) mass is 346 g/mol. The first-order valence-corrected chi connectivity index (χ1v) is 7.82. The topological polar surface area (TPSA) is 85.5 Å². The van der Waals surface area contributed by atoms with Crippen LogP contribution < -0.4 is 4.74 Å². The molecule has 124 valence electrons. The maximum atomic E-state index is 14.6. The molecule has 5 nitrogen and oxygen atoms in total. The highest BCUT2D eigenvalue weighted by atomic mass is 35.5. The average Bonchev–Trinajstić information content (AvgIpc) is 2.90. The van der Waals surface area contributed by atoms with Crippen LogP contribution >= 0.6 is 11.6 Å². The fraction of sp³-hybridized carbons (Fsp3) is 0.353. The van der Waals surface area contributed by atoms with Gasteiger partial charge in [-0.3, -0.25) is 10.5 Å². The number of rotatable bonds is 1. The third-order valence-corrected chi connectivity index (χ3v) is 4.43. The summed E-state index contributed by atoms with van der Waals surface area (Å²) in [6.45, 7) is 5.92. The lowest BCUT2D eigenvalue weighted by molar-refractivity contribution is 0.428. The van der Waals surface area contributed by atoms with Crippen molar-refractivity contribution in [1.29, 1.82) is 10.7 Å². The number of aromatic amines is 1. The third-order valence-electron chi connectivity index (χ3n) is 4.10. The maximum Gasteiger partial charge on any atom is 0.243 e. The van der Waals surface area contributed by atoms with Crippen molar-refractivity contribution in [3.63, 3.8) is 0 Å². The van der Waals surface area contributed by atoms with E-state index in [9.17, 15) is 9.65 Å². The first kappa shape index (κ1) is 16.5. The van der Waals surface area contributed by atoms with Gasteiger partial charge >= 0.3 is 0 Å². The van der Waals surface area contributed by atoms with Crippen LogP contribution in [0.3, 0.4) is 0 Å². The van der Waals surface area contributed by atoms with Crippen LogP contribution in [0.4, 0.5) is 4.39 Å². The maximum absolute atomic E-state index is 14.6. The Bertz CT molecular complexity index is 842. The molecule has 1 aliphatic rings. The fourth-order valence-corrected chi connectivity index (χ4v) is 3.29. The van der Waals surface area contributed by atoms with Gasteiger partial charge in [-0.1, -0.05) is 38.4 Å². The normalized spacial score (nSPS) is 20.2. The number of nitriles is 1. The zero-order chi connectivity index (χ0) is 17.6. The smallest absolute Gasteiger partial charge is 0.243 e. The molecule has 0 spiro atoms. The van der Waals surface area contributed by atoms with Crippen LogP contribution in [0.1, 0.15) is 43.5 Å². The van der Waals surface area contributed by atoms with Crippen molar-refractivity contribution >= 4 is 17.5 Å². The van der Waals surface area contributed by atoms with E-state index in [1.807, 2.05) is 26.8 Å². The molecule has 2 unspecified atom stereocenters. The molecular weight excluding hydrogens is 331 g/mol. The van der Waals surface area contributed by atoms with Gasteiger partial charge in [0.25, 0.3) is 0 Å². The van der Waals surface area contributed by atoms with E-state index in [-0.39, 0.29) is 27.8 Å². The second-order valence-corrected chi connectivity index (χ2v) is 7.16. The van der Waals surface area contributed by atoms with Crippen molar-refractivity contribution in [3.05, 3.63) is 45.9 Å². The number of aromatic nitrogens is 2. The molecule has 0 saturated heterocycles. The number of hydrogen-bond acceptors (Lipinski definition) is 4. The Morgan fingerprint density at radius 2 is 2.08 bits per heavy atom. The second kappa shape index (κ2) is 5.60. The number of halogens is 2. The van der Waals surface area contributed by atoms with E-state index in [1.165, 1.54) is 12.1 Å². The number of H-pyrrole nitrogens is 1. The molecule has 0 bridgehead atoms. The summed E-state index contributed by atoms with van der Waals surface area (Å²) in [7, 11) is 0. The molecule has 2 aromatic rings. The Kier molecular flexibility index (Phi) is 3.84. The van der Waals surface area contributed by atoms with Gasteiger partial charge in [-0.15, -0.1) is 5.10 Å². The van der Waals surface area contributed by atoms with Gasteiger partial charge in [-0.2, -0.15) is 5.26 Å².